The molecular weight excluding hydrogens is 256 g/mol. The number of ether oxygens (including phenoxy) is 4. The maximum Gasteiger partial charge on any atom is 0.126 e. The van der Waals surface area contributed by atoms with Crippen molar-refractivity contribution in [2.45, 2.75) is 77.0 Å². The Bertz CT molecular complexity index is 352. The van der Waals surface area contributed by atoms with Crippen molar-refractivity contribution in [3.8, 4) is 0 Å². The molecule has 2 bridgehead atoms. The highest BCUT2D eigenvalue weighted by molar-refractivity contribution is 5.13. The van der Waals surface area contributed by atoms with Crippen LogP contribution >= 0.6 is 0 Å². The Morgan fingerprint density at radius 1 is 1.20 bits per heavy atom. The molecule has 4 heteroatoms. The Balaban J connectivity index is 2.49. The maximum atomic E-state index is 6.45. The molecule has 0 saturated carbocycles. The van der Waals surface area contributed by atoms with Crippen molar-refractivity contribution >= 4 is 0 Å². The molecule has 118 valence electrons. The second-order valence-electron chi connectivity index (χ2n) is 7.51. The molecule has 2 saturated heterocycles. The van der Waals surface area contributed by atoms with E-state index in [4.69, 9.17) is 18.9 Å². The Kier molecular flexibility index (Phi) is 4.25. The van der Waals surface area contributed by atoms with Gasteiger partial charge in [-0.3, -0.25) is 0 Å². The van der Waals surface area contributed by atoms with E-state index < -0.39 is 11.2 Å². The molecule has 4 unspecified atom stereocenters. The average Bonchev–Trinajstić information content (AvgIpc) is 2.62. The van der Waals surface area contributed by atoms with Crippen LogP contribution in [0.3, 0.4) is 0 Å². The number of rotatable bonds is 3. The molecule has 0 N–H and O–H groups in total. The zero-order chi connectivity index (χ0) is 15.2. The van der Waals surface area contributed by atoms with E-state index in [0.717, 1.165) is 19.4 Å². The Morgan fingerprint density at radius 2 is 1.85 bits per heavy atom. The van der Waals surface area contributed by atoms with Crippen molar-refractivity contribution in [1.29, 1.82) is 0 Å². The van der Waals surface area contributed by atoms with Crippen molar-refractivity contribution < 1.29 is 18.9 Å². The summed E-state index contributed by atoms with van der Waals surface area (Å²) in [6, 6.07) is 0. The molecule has 0 spiro atoms. The summed E-state index contributed by atoms with van der Waals surface area (Å²) in [7, 11) is 3.49. The summed E-state index contributed by atoms with van der Waals surface area (Å²) in [5, 5.41) is 0. The van der Waals surface area contributed by atoms with Crippen LogP contribution in [0.1, 0.15) is 47.5 Å². The zero-order valence-electron chi connectivity index (χ0n) is 14.0. The highest BCUT2D eigenvalue weighted by Crippen LogP contribution is 2.51. The van der Waals surface area contributed by atoms with Gasteiger partial charge in [0.25, 0.3) is 0 Å². The van der Waals surface area contributed by atoms with Crippen molar-refractivity contribution in [2.75, 3.05) is 20.8 Å². The minimum absolute atomic E-state index is 0.0169. The molecule has 0 radical (unpaired) electrons. The molecule has 0 aromatic heterocycles. The number of hydrogen-bond acceptors (Lipinski definition) is 4. The van der Waals surface area contributed by atoms with Crippen LogP contribution in [0.5, 0.6) is 0 Å². The van der Waals surface area contributed by atoms with Gasteiger partial charge >= 0.3 is 0 Å². The fraction of sp³-hybridized carbons (Fsp3) is 1.00. The van der Waals surface area contributed by atoms with Crippen molar-refractivity contribution in [3.05, 3.63) is 0 Å². The molecule has 0 aliphatic carbocycles. The monoisotopic (exact) mass is 286 g/mol. The average molecular weight is 286 g/mol. The molecule has 0 amide bonds. The first kappa shape index (κ1) is 16.2. The lowest BCUT2D eigenvalue weighted by molar-refractivity contribution is -0.223. The first-order valence-corrected chi connectivity index (χ1v) is 7.56. The predicted molar refractivity (Wildman–Crippen MR) is 77.9 cm³/mol. The zero-order valence-corrected chi connectivity index (χ0v) is 14.0. The molecule has 20 heavy (non-hydrogen) atoms. The SMILES string of the molecule is COC1C2OCCC(C)(C)CC1(C(C)(C)OC)OC2C. The summed E-state index contributed by atoms with van der Waals surface area (Å²) in [6.07, 6.45) is 1.82. The lowest BCUT2D eigenvalue weighted by Gasteiger charge is -2.50. The summed E-state index contributed by atoms with van der Waals surface area (Å²) in [5.41, 5.74) is -0.791. The summed E-state index contributed by atoms with van der Waals surface area (Å²) < 4.78 is 24.2. The van der Waals surface area contributed by atoms with Crippen LogP contribution in [0.15, 0.2) is 0 Å². The van der Waals surface area contributed by atoms with Gasteiger partial charge in [-0.2, -0.15) is 0 Å². The highest BCUT2D eigenvalue weighted by atomic mass is 16.6. The lowest BCUT2D eigenvalue weighted by atomic mass is 9.68. The third-order valence-corrected chi connectivity index (χ3v) is 5.23. The second kappa shape index (κ2) is 5.24. The van der Waals surface area contributed by atoms with E-state index in [1.807, 2.05) is 0 Å². The fourth-order valence-electron chi connectivity index (χ4n) is 3.81. The van der Waals surface area contributed by atoms with Gasteiger partial charge in [0.1, 0.15) is 17.8 Å². The van der Waals surface area contributed by atoms with E-state index in [1.54, 1.807) is 14.2 Å². The standard InChI is InChI=1S/C16H30O4/c1-11-12-13(17-6)16(20-11,15(4,5)18-7)10-14(2,3)8-9-19-12/h11-13H,8-10H2,1-7H3. The third-order valence-electron chi connectivity index (χ3n) is 5.23. The molecular formula is C16H30O4. The lowest BCUT2D eigenvalue weighted by Crippen LogP contribution is -2.62. The molecule has 2 rings (SSSR count). The highest BCUT2D eigenvalue weighted by Gasteiger charge is 2.64. The van der Waals surface area contributed by atoms with E-state index in [9.17, 15) is 0 Å². The van der Waals surface area contributed by atoms with Gasteiger partial charge in [0.15, 0.2) is 0 Å². The summed E-state index contributed by atoms with van der Waals surface area (Å²) >= 11 is 0. The van der Waals surface area contributed by atoms with E-state index >= 15 is 0 Å². The van der Waals surface area contributed by atoms with Crippen LogP contribution < -0.4 is 0 Å². The first-order valence-electron chi connectivity index (χ1n) is 7.56. The third kappa shape index (κ3) is 2.41. The van der Waals surface area contributed by atoms with Gasteiger partial charge in [0, 0.05) is 20.8 Å². The Morgan fingerprint density at radius 3 is 2.40 bits per heavy atom. The van der Waals surface area contributed by atoms with E-state index in [2.05, 4.69) is 34.6 Å². The minimum Gasteiger partial charge on any atom is -0.376 e. The Labute approximate surface area is 123 Å². The largest absolute Gasteiger partial charge is 0.376 e. The van der Waals surface area contributed by atoms with Crippen LogP contribution in [0, 0.1) is 5.41 Å². The first-order chi connectivity index (χ1) is 9.19. The summed E-state index contributed by atoms with van der Waals surface area (Å²) in [5.74, 6) is 0. The van der Waals surface area contributed by atoms with Crippen LogP contribution in [0.4, 0.5) is 0 Å². The number of fused-ring (bicyclic) bond motifs is 2. The molecule has 0 aromatic carbocycles. The van der Waals surface area contributed by atoms with Gasteiger partial charge in [0.05, 0.1) is 11.7 Å². The van der Waals surface area contributed by atoms with Crippen molar-refractivity contribution in [3.63, 3.8) is 0 Å². The van der Waals surface area contributed by atoms with Gasteiger partial charge in [-0.05, 0) is 39.0 Å². The van der Waals surface area contributed by atoms with Crippen LogP contribution in [-0.4, -0.2) is 50.3 Å². The molecule has 0 aromatic rings. The van der Waals surface area contributed by atoms with E-state index in [1.165, 1.54) is 0 Å². The maximum absolute atomic E-state index is 6.45. The van der Waals surface area contributed by atoms with Gasteiger partial charge in [-0.1, -0.05) is 13.8 Å². The molecule has 2 fully saturated rings. The number of hydrogen-bond donors (Lipinski definition) is 0. The van der Waals surface area contributed by atoms with Gasteiger partial charge < -0.3 is 18.9 Å². The molecule has 2 heterocycles. The van der Waals surface area contributed by atoms with Crippen LogP contribution in [-0.2, 0) is 18.9 Å². The number of methoxy groups -OCH3 is 2. The molecule has 4 atom stereocenters. The van der Waals surface area contributed by atoms with Gasteiger partial charge in [0.2, 0.25) is 0 Å². The minimum atomic E-state index is -0.482. The van der Waals surface area contributed by atoms with Gasteiger partial charge in [-0.15, -0.1) is 0 Å². The second-order valence-corrected chi connectivity index (χ2v) is 7.51. The quantitative estimate of drug-likeness (QED) is 0.799. The summed E-state index contributed by atoms with van der Waals surface area (Å²) in [4.78, 5) is 0. The molecule has 2 aliphatic rings. The summed E-state index contributed by atoms with van der Waals surface area (Å²) in [6.45, 7) is 11.5. The normalized spacial score (nSPS) is 41.2. The topological polar surface area (TPSA) is 36.9 Å². The Hall–Kier alpha value is -0.160. The van der Waals surface area contributed by atoms with Crippen molar-refractivity contribution in [1.82, 2.24) is 0 Å². The van der Waals surface area contributed by atoms with Crippen LogP contribution in [0.25, 0.3) is 0 Å². The molecule has 2 aliphatic heterocycles. The van der Waals surface area contributed by atoms with Crippen LogP contribution in [0.2, 0.25) is 0 Å². The van der Waals surface area contributed by atoms with E-state index in [-0.39, 0.29) is 23.7 Å². The van der Waals surface area contributed by atoms with E-state index in [0.29, 0.717) is 0 Å². The van der Waals surface area contributed by atoms with Gasteiger partial charge in [-0.25, -0.2) is 0 Å². The van der Waals surface area contributed by atoms with Crippen molar-refractivity contribution in [2.24, 2.45) is 5.41 Å². The molecule has 4 nitrogen and oxygen atoms in total. The smallest absolute Gasteiger partial charge is 0.126 e. The fourth-order valence-corrected chi connectivity index (χ4v) is 3.81. The predicted octanol–water partition coefficient (Wildman–Crippen LogP) is 2.79.